The number of ketones is 1. The fourth-order valence-corrected chi connectivity index (χ4v) is 2.06. The monoisotopic (exact) mass is 311 g/mol. The summed E-state index contributed by atoms with van der Waals surface area (Å²) in [7, 11) is 0. The minimum atomic E-state index is -2.56. The molecule has 92 valence electrons. The largest absolute Gasteiger partial charge is 0.287 e. The van der Waals surface area contributed by atoms with Gasteiger partial charge in [-0.25, -0.2) is 8.78 Å². The van der Waals surface area contributed by atoms with Crippen LogP contribution in [0.2, 0.25) is 0 Å². The predicted octanol–water partition coefficient (Wildman–Crippen LogP) is 4.01. The molecule has 1 heterocycles. The van der Waals surface area contributed by atoms with E-state index in [1.165, 1.54) is 24.4 Å². The van der Waals surface area contributed by atoms with Crippen LogP contribution in [0.3, 0.4) is 0 Å². The van der Waals surface area contributed by atoms with E-state index in [1.54, 1.807) is 18.2 Å². The Hall–Kier alpha value is -1.62. The van der Waals surface area contributed by atoms with Crippen molar-refractivity contribution in [3.05, 3.63) is 63.9 Å². The topological polar surface area (TPSA) is 30.0 Å². The molecule has 0 aliphatic carbocycles. The molecule has 2 rings (SSSR count). The van der Waals surface area contributed by atoms with Crippen molar-refractivity contribution in [2.75, 3.05) is 0 Å². The molecule has 1 aromatic carbocycles. The van der Waals surface area contributed by atoms with Crippen LogP contribution in [0, 0.1) is 0 Å². The van der Waals surface area contributed by atoms with Gasteiger partial charge in [-0.15, -0.1) is 0 Å². The van der Waals surface area contributed by atoms with Crippen LogP contribution in [0.1, 0.15) is 28.0 Å². The van der Waals surface area contributed by atoms with Gasteiger partial charge in [0.05, 0.1) is 0 Å². The molecule has 1 aromatic heterocycles. The maximum atomic E-state index is 12.5. The van der Waals surface area contributed by atoms with E-state index in [1.807, 2.05) is 0 Å². The van der Waals surface area contributed by atoms with Crippen LogP contribution < -0.4 is 0 Å². The number of carbonyl (C=O) groups is 1. The van der Waals surface area contributed by atoms with Crippen molar-refractivity contribution in [3.63, 3.8) is 0 Å². The van der Waals surface area contributed by atoms with E-state index >= 15 is 0 Å². The minimum Gasteiger partial charge on any atom is -0.287 e. The third-order valence-electron chi connectivity index (χ3n) is 2.39. The number of benzene rings is 1. The zero-order valence-corrected chi connectivity index (χ0v) is 10.7. The molecule has 5 heteroatoms. The third-order valence-corrected chi connectivity index (χ3v) is 3.04. The van der Waals surface area contributed by atoms with Crippen LogP contribution >= 0.6 is 15.9 Å². The Labute approximate surface area is 111 Å². The first-order valence-corrected chi connectivity index (χ1v) is 5.92. The van der Waals surface area contributed by atoms with Crippen LogP contribution in [0.25, 0.3) is 0 Å². The van der Waals surface area contributed by atoms with E-state index in [0.29, 0.717) is 10.0 Å². The molecule has 2 nitrogen and oxygen atoms in total. The molecule has 2 aromatic rings. The first-order chi connectivity index (χ1) is 8.59. The molecular weight excluding hydrogens is 304 g/mol. The second-order valence-electron chi connectivity index (χ2n) is 3.58. The Morgan fingerprint density at radius 1 is 1.22 bits per heavy atom. The summed E-state index contributed by atoms with van der Waals surface area (Å²) in [6.07, 6.45) is -1.05. The quantitative estimate of drug-likeness (QED) is 0.802. The van der Waals surface area contributed by atoms with Crippen LogP contribution in [-0.4, -0.2) is 10.8 Å². The van der Waals surface area contributed by atoms with Gasteiger partial charge in [-0.3, -0.25) is 9.78 Å². The van der Waals surface area contributed by atoms with E-state index in [0.717, 1.165) is 0 Å². The maximum absolute atomic E-state index is 12.5. The van der Waals surface area contributed by atoms with Gasteiger partial charge < -0.3 is 0 Å². The van der Waals surface area contributed by atoms with Gasteiger partial charge >= 0.3 is 0 Å². The molecule has 0 fully saturated rings. The number of halogens is 3. The molecule has 0 radical (unpaired) electrons. The summed E-state index contributed by atoms with van der Waals surface area (Å²) in [4.78, 5) is 16.0. The molecule has 0 amide bonds. The van der Waals surface area contributed by atoms with Gasteiger partial charge in [-0.2, -0.15) is 0 Å². The Balaban J connectivity index is 2.38. The van der Waals surface area contributed by atoms with Crippen molar-refractivity contribution in [2.24, 2.45) is 0 Å². The lowest BCUT2D eigenvalue weighted by Crippen LogP contribution is -2.04. The number of nitrogens with zero attached hydrogens (tertiary/aromatic N) is 1. The number of aromatic nitrogens is 1. The maximum Gasteiger partial charge on any atom is 0.263 e. The number of rotatable bonds is 3. The highest BCUT2D eigenvalue weighted by molar-refractivity contribution is 9.10. The van der Waals surface area contributed by atoms with Gasteiger partial charge in [0, 0.05) is 21.8 Å². The van der Waals surface area contributed by atoms with Crippen molar-refractivity contribution >= 4 is 21.7 Å². The molecule has 18 heavy (non-hydrogen) atoms. The first kappa shape index (κ1) is 12.8. The zero-order valence-electron chi connectivity index (χ0n) is 9.11. The number of pyridine rings is 1. The smallest absolute Gasteiger partial charge is 0.263 e. The van der Waals surface area contributed by atoms with Gasteiger partial charge in [-0.05, 0) is 24.3 Å². The van der Waals surface area contributed by atoms with Crippen LogP contribution in [0.5, 0.6) is 0 Å². The minimum absolute atomic E-state index is 0.126. The van der Waals surface area contributed by atoms with Gasteiger partial charge in [0.15, 0.2) is 0 Å². The van der Waals surface area contributed by atoms with Gasteiger partial charge in [0.25, 0.3) is 6.43 Å². The number of hydrogen-bond acceptors (Lipinski definition) is 2. The lowest BCUT2D eigenvalue weighted by molar-refractivity contribution is 0.103. The Morgan fingerprint density at radius 3 is 2.56 bits per heavy atom. The number of alkyl halides is 2. The summed E-state index contributed by atoms with van der Waals surface area (Å²) in [5, 5.41) is 0. The van der Waals surface area contributed by atoms with E-state index in [2.05, 4.69) is 20.9 Å². The van der Waals surface area contributed by atoms with Crippen molar-refractivity contribution in [1.29, 1.82) is 0 Å². The highest BCUT2D eigenvalue weighted by atomic mass is 79.9. The summed E-state index contributed by atoms with van der Waals surface area (Å²) >= 11 is 3.13. The fraction of sp³-hybridized carbons (Fsp3) is 0.0769. The normalized spacial score (nSPS) is 10.7. The average molecular weight is 312 g/mol. The fourth-order valence-electron chi connectivity index (χ4n) is 1.49. The summed E-state index contributed by atoms with van der Waals surface area (Å²) in [5.74, 6) is -0.303. The van der Waals surface area contributed by atoms with Crippen molar-refractivity contribution in [3.8, 4) is 0 Å². The number of hydrogen-bond donors (Lipinski definition) is 0. The SMILES string of the molecule is O=C(c1ccccn1)c1ccc(C(F)F)cc1Br. The van der Waals surface area contributed by atoms with Gasteiger partial charge in [0.1, 0.15) is 5.69 Å². The van der Waals surface area contributed by atoms with Crippen LogP contribution in [0.4, 0.5) is 8.78 Å². The summed E-state index contributed by atoms with van der Waals surface area (Å²) < 4.78 is 25.3. The molecule has 0 atom stereocenters. The second kappa shape index (κ2) is 5.35. The van der Waals surface area contributed by atoms with Crippen LogP contribution in [0.15, 0.2) is 47.1 Å². The molecule has 0 unspecified atom stereocenters. The number of carbonyl (C=O) groups excluding carboxylic acids is 1. The van der Waals surface area contributed by atoms with Gasteiger partial charge in [0.2, 0.25) is 5.78 Å². The summed E-state index contributed by atoms with van der Waals surface area (Å²) in [5.41, 5.74) is 0.473. The standard InChI is InChI=1S/C13H8BrF2NO/c14-10-7-8(13(15)16)4-5-9(10)12(18)11-3-1-2-6-17-11/h1-7,13H. The molecule has 0 aliphatic heterocycles. The molecule has 0 saturated carbocycles. The lowest BCUT2D eigenvalue weighted by atomic mass is 10.1. The Kier molecular flexibility index (Phi) is 3.81. The molecule has 0 N–H and O–H groups in total. The van der Waals surface area contributed by atoms with Gasteiger partial charge in [-0.1, -0.05) is 28.1 Å². The lowest BCUT2D eigenvalue weighted by Gasteiger charge is -2.06. The molecular formula is C13H8BrF2NO. The van der Waals surface area contributed by atoms with E-state index in [9.17, 15) is 13.6 Å². The second-order valence-corrected chi connectivity index (χ2v) is 4.44. The van der Waals surface area contributed by atoms with Crippen molar-refractivity contribution in [2.45, 2.75) is 6.43 Å². The summed E-state index contributed by atoms with van der Waals surface area (Å²) in [6.45, 7) is 0. The first-order valence-electron chi connectivity index (χ1n) is 5.13. The zero-order chi connectivity index (χ0) is 13.1. The van der Waals surface area contributed by atoms with E-state index < -0.39 is 6.43 Å². The molecule has 0 aliphatic rings. The predicted molar refractivity (Wildman–Crippen MR) is 66.8 cm³/mol. The van der Waals surface area contributed by atoms with Crippen molar-refractivity contribution in [1.82, 2.24) is 4.98 Å². The molecule has 0 spiro atoms. The van der Waals surface area contributed by atoms with E-state index in [4.69, 9.17) is 0 Å². The van der Waals surface area contributed by atoms with E-state index in [-0.39, 0.29) is 17.0 Å². The summed E-state index contributed by atoms with van der Waals surface area (Å²) in [6, 6.07) is 8.85. The Morgan fingerprint density at radius 2 is 2.00 bits per heavy atom. The highest BCUT2D eigenvalue weighted by Gasteiger charge is 2.16. The molecule has 0 saturated heterocycles. The highest BCUT2D eigenvalue weighted by Crippen LogP contribution is 2.26. The van der Waals surface area contributed by atoms with Crippen molar-refractivity contribution < 1.29 is 13.6 Å². The average Bonchev–Trinajstić information content (AvgIpc) is 2.38. The van der Waals surface area contributed by atoms with Crippen LogP contribution in [-0.2, 0) is 0 Å². The third kappa shape index (κ3) is 2.61. The molecule has 0 bridgehead atoms. The Bertz CT molecular complexity index is 572.